The maximum absolute atomic E-state index is 11.1. The molecule has 0 bridgehead atoms. The van der Waals surface area contributed by atoms with Crippen molar-refractivity contribution in [2.24, 2.45) is 5.73 Å². The average Bonchev–Trinajstić information content (AvgIpc) is 2.35. The Morgan fingerprint density at radius 2 is 2.11 bits per heavy atom. The number of primary amides is 1. The van der Waals surface area contributed by atoms with Crippen molar-refractivity contribution in [3.63, 3.8) is 0 Å². The van der Waals surface area contributed by atoms with Gasteiger partial charge in [-0.1, -0.05) is 0 Å². The number of nitrogens with two attached hydrogens (primary N) is 1. The lowest BCUT2D eigenvalue weighted by molar-refractivity contribution is -0.121. The maximum atomic E-state index is 11.1. The van der Waals surface area contributed by atoms with E-state index in [-0.39, 0.29) is 12.4 Å². The summed E-state index contributed by atoms with van der Waals surface area (Å²) in [6.07, 6.45) is 0.659. The molecule has 0 atom stereocenters. The predicted molar refractivity (Wildman–Crippen MR) is 61.6 cm³/mol. The highest BCUT2D eigenvalue weighted by molar-refractivity contribution is 5.94. The minimum absolute atomic E-state index is 0.280. The van der Waals surface area contributed by atoms with E-state index < -0.39 is 11.9 Å². The molecule has 0 spiro atoms. The molecule has 0 unspecified atom stereocenters. The highest BCUT2D eigenvalue weighted by atomic mass is 16.5. The van der Waals surface area contributed by atoms with E-state index in [1.165, 1.54) is 25.3 Å². The van der Waals surface area contributed by atoms with Gasteiger partial charge < -0.3 is 15.2 Å². The topological polar surface area (TPSA) is 108 Å². The maximum Gasteiger partial charge on any atom is 0.318 e. The zero-order valence-electron chi connectivity index (χ0n) is 9.64. The molecular formula is C11H12N2O5. The number of carbonyl (C=O) groups is 3. The second-order valence-corrected chi connectivity index (χ2v) is 3.23. The molecule has 0 fully saturated rings. The quantitative estimate of drug-likeness (QED) is 0.721. The first-order valence-electron chi connectivity index (χ1n) is 4.92. The molecule has 0 heterocycles. The van der Waals surface area contributed by atoms with Crippen LogP contribution in [0.5, 0.6) is 11.5 Å². The van der Waals surface area contributed by atoms with Gasteiger partial charge in [0, 0.05) is 5.56 Å². The number of aldehydes is 1. The summed E-state index contributed by atoms with van der Waals surface area (Å²) >= 11 is 0. The number of benzene rings is 1. The number of imide groups is 1. The number of carbonyl (C=O) groups excluding carboxylic acids is 3. The smallest absolute Gasteiger partial charge is 0.318 e. The molecule has 7 nitrogen and oxygen atoms in total. The fraction of sp³-hybridized carbons (Fsp3) is 0.182. The highest BCUT2D eigenvalue weighted by Gasteiger charge is 2.09. The number of hydrogen-bond acceptors (Lipinski definition) is 5. The van der Waals surface area contributed by atoms with Crippen LogP contribution >= 0.6 is 0 Å². The van der Waals surface area contributed by atoms with Crippen LogP contribution in [0.15, 0.2) is 18.2 Å². The van der Waals surface area contributed by atoms with E-state index in [2.05, 4.69) is 0 Å². The molecule has 1 rings (SSSR count). The molecular weight excluding hydrogens is 240 g/mol. The van der Waals surface area contributed by atoms with Crippen molar-refractivity contribution in [1.82, 2.24) is 5.32 Å². The van der Waals surface area contributed by atoms with Crippen molar-refractivity contribution in [3.05, 3.63) is 23.8 Å². The van der Waals surface area contributed by atoms with Crippen LogP contribution in [0.25, 0.3) is 0 Å². The number of nitrogens with one attached hydrogen (secondary N) is 1. The Balaban J connectivity index is 2.69. The molecule has 0 aliphatic heterocycles. The highest BCUT2D eigenvalue weighted by Crippen LogP contribution is 2.27. The zero-order chi connectivity index (χ0) is 13.5. The van der Waals surface area contributed by atoms with E-state index in [0.29, 0.717) is 17.6 Å². The Hall–Kier alpha value is -2.57. The van der Waals surface area contributed by atoms with Crippen LogP contribution in [0.4, 0.5) is 4.79 Å². The SMILES string of the molecule is COc1cc(C=O)ccc1OCC(=O)NC(N)=O. The molecule has 96 valence electrons. The van der Waals surface area contributed by atoms with E-state index in [4.69, 9.17) is 15.2 Å². The van der Waals surface area contributed by atoms with Gasteiger partial charge in [-0.15, -0.1) is 0 Å². The molecule has 3 amide bonds. The van der Waals surface area contributed by atoms with Crippen LogP contribution in [0, 0.1) is 0 Å². The molecule has 0 aliphatic carbocycles. The Bertz CT molecular complexity index is 473. The summed E-state index contributed by atoms with van der Waals surface area (Å²) in [6, 6.07) is 3.51. The van der Waals surface area contributed by atoms with Gasteiger partial charge in [0.25, 0.3) is 5.91 Å². The van der Waals surface area contributed by atoms with E-state index in [0.717, 1.165) is 0 Å². The summed E-state index contributed by atoms with van der Waals surface area (Å²) in [7, 11) is 1.40. The van der Waals surface area contributed by atoms with Gasteiger partial charge in [-0.3, -0.25) is 14.9 Å². The third kappa shape index (κ3) is 3.78. The van der Waals surface area contributed by atoms with Crippen LogP contribution in [0.3, 0.4) is 0 Å². The van der Waals surface area contributed by atoms with E-state index >= 15 is 0 Å². The Morgan fingerprint density at radius 3 is 2.67 bits per heavy atom. The summed E-state index contributed by atoms with van der Waals surface area (Å²) in [5, 5.41) is 1.85. The van der Waals surface area contributed by atoms with Gasteiger partial charge in [0.15, 0.2) is 18.1 Å². The third-order valence-corrected chi connectivity index (χ3v) is 1.95. The molecule has 0 saturated carbocycles. The molecule has 1 aromatic carbocycles. The monoisotopic (exact) mass is 252 g/mol. The first kappa shape index (κ1) is 13.5. The molecule has 1 aromatic rings. The summed E-state index contributed by atoms with van der Waals surface area (Å²) < 4.78 is 10.1. The van der Waals surface area contributed by atoms with Crippen molar-refractivity contribution < 1.29 is 23.9 Å². The van der Waals surface area contributed by atoms with Crippen LogP contribution in [-0.4, -0.2) is 31.9 Å². The summed E-state index contributed by atoms with van der Waals surface area (Å²) in [5.74, 6) is -0.0850. The van der Waals surface area contributed by atoms with E-state index in [1.807, 2.05) is 5.32 Å². The summed E-state index contributed by atoms with van der Waals surface area (Å²) in [5.41, 5.74) is 5.18. The first-order chi connectivity index (χ1) is 8.56. The fourth-order valence-corrected chi connectivity index (χ4v) is 1.19. The normalized spacial score (nSPS) is 9.39. The Kier molecular flexibility index (Phi) is 4.67. The number of urea groups is 1. The van der Waals surface area contributed by atoms with Gasteiger partial charge in [-0.25, -0.2) is 4.79 Å². The number of hydrogen-bond donors (Lipinski definition) is 2. The summed E-state index contributed by atoms with van der Waals surface area (Å²) in [6.45, 7) is -0.389. The average molecular weight is 252 g/mol. The largest absolute Gasteiger partial charge is 0.493 e. The lowest BCUT2D eigenvalue weighted by Crippen LogP contribution is -2.38. The van der Waals surface area contributed by atoms with Crippen LogP contribution < -0.4 is 20.5 Å². The number of rotatable bonds is 5. The Labute approximate surface area is 103 Å². The van der Waals surface area contributed by atoms with E-state index in [1.54, 1.807) is 0 Å². The van der Waals surface area contributed by atoms with Gasteiger partial charge in [0.05, 0.1) is 7.11 Å². The van der Waals surface area contributed by atoms with Crippen molar-refractivity contribution in [3.8, 4) is 11.5 Å². The number of ether oxygens (including phenoxy) is 2. The van der Waals surface area contributed by atoms with Gasteiger partial charge in [-0.2, -0.15) is 0 Å². The van der Waals surface area contributed by atoms with Crippen LogP contribution in [0.2, 0.25) is 0 Å². The van der Waals surface area contributed by atoms with Gasteiger partial charge in [0.2, 0.25) is 0 Å². The molecule has 0 saturated heterocycles. The molecule has 7 heteroatoms. The Morgan fingerprint density at radius 1 is 1.39 bits per heavy atom. The van der Waals surface area contributed by atoms with Crippen molar-refractivity contribution in [2.75, 3.05) is 13.7 Å². The van der Waals surface area contributed by atoms with Crippen LogP contribution in [-0.2, 0) is 4.79 Å². The minimum Gasteiger partial charge on any atom is -0.493 e. The second-order valence-electron chi connectivity index (χ2n) is 3.23. The van der Waals surface area contributed by atoms with Gasteiger partial charge >= 0.3 is 6.03 Å². The number of methoxy groups -OCH3 is 1. The third-order valence-electron chi connectivity index (χ3n) is 1.95. The van der Waals surface area contributed by atoms with E-state index in [9.17, 15) is 14.4 Å². The standard InChI is InChI=1S/C11H12N2O5/c1-17-9-4-7(5-14)2-3-8(9)18-6-10(15)13-11(12)16/h2-5H,6H2,1H3,(H3,12,13,15,16). The fourth-order valence-electron chi connectivity index (χ4n) is 1.19. The lowest BCUT2D eigenvalue weighted by Gasteiger charge is -2.10. The van der Waals surface area contributed by atoms with Crippen molar-refractivity contribution in [2.45, 2.75) is 0 Å². The van der Waals surface area contributed by atoms with Crippen molar-refractivity contribution in [1.29, 1.82) is 0 Å². The summed E-state index contributed by atoms with van der Waals surface area (Å²) in [4.78, 5) is 32.1. The number of amides is 3. The van der Waals surface area contributed by atoms with Gasteiger partial charge in [0.1, 0.15) is 6.29 Å². The molecule has 0 aromatic heterocycles. The molecule has 0 aliphatic rings. The van der Waals surface area contributed by atoms with Gasteiger partial charge in [-0.05, 0) is 18.2 Å². The predicted octanol–water partition coefficient (Wildman–Crippen LogP) is 0.0814. The molecule has 18 heavy (non-hydrogen) atoms. The molecule has 3 N–H and O–H groups in total. The van der Waals surface area contributed by atoms with Crippen LogP contribution in [0.1, 0.15) is 10.4 Å². The lowest BCUT2D eigenvalue weighted by atomic mass is 10.2. The second kappa shape index (κ2) is 6.24. The molecule has 0 radical (unpaired) electrons. The first-order valence-corrected chi connectivity index (χ1v) is 4.92. The minimum atomic E-state index is -0.952. The van der Waals surface area contributed by atoms with Crippen molar-refractivity contribution >= 4 is 18.2 Å². The zero-order valence-corrected chi connectivity index (χ0v) is 9.64.